The maximum atomic E-state index is 11.4. The standard InChI is InChI=1S/C14H23NO3S/c1-3-10-15-13(12-19(2,16)17)9-11-18-14-7-5-4-6-8-14/h4-8,13,15H,3,9-12H2,1-2H3. The topological polar surface area (TPSA) is 55.4 Å². The second-order valence-corrected chi connectivity index (χ2v) is 6.88. The van der Waals surface area contributed by atoms with Gasteiger partial charge in [0.2, 0.25) is 0 Å². The second-order valence-electron chi connectivity index (χ2n) is 4.69. The Labute approximate surface area is 116 Å². The fraction of sp³-hybridized carbons (Fsp3) is 0.571. The van der Waals surface area contributed by atoms with Crippen molar-refractivity contribution >= 4 is 9.84 Å². The van der Waals surface area contributed by atoms with Crippen molar-refractivity contribution < 1.29 is 13.2 Å². The third-order valence-electron chi connectivity index (χ3n) is 2.67. The minimum atomic E-state index is -2.97. The molecular formula is C14H23NO3S. The molecule has 0 spiro atoms. The van der Waals surface area contributed by atoms with E-state index in [1.165, 1.54) is 6.26 Å². The molecule has 19 heavy (non-hydrogen) atoms. The summed E-state index contributed by atoms with van der Waals surface area (Å²) in [6.07, 6.45) is 2.94. The molecule has 0 aromatic heterocycles. The van der Waals surface area contributed by atoms with Crippen LogP contribution in [0.3, 0.4) is 0 Å². The highest BCUT2D eigenvalue weighted by molar-refractivity contribution is 7.90. The average molecular weight is 285 g/mol. The summed E-state index contributed by atoms with van der Waals surface area (Å²) in [5.74, 6) is 0.974. The molecule has 0 amide bonds. The van der Waals surface area contributed by atoms with Crippen molar-refractivity contribution in [2.24, 2.45) is 0 Å². The Morgan fingerprint density at radius 3 is 2.53 bits per heavy atom. The normalized spacial score (nSPS) is 13.2. The third kappa shape index (κ3) is 7.85. The minimum Gasteiger partial charge on any atom is -0.494 e. The molecule has 108 valence electrons. The van der Waals surface area contributed by atoms with Crippen molar-refractivity contribution in [1.29, 1.82) is 0 Å². The molecule has 0 radical (unpaired) electrons. The van der Waals surface area contributed by atoms with Crippen LogP contribution in [0, 0.1) is 0 Å². The van der Waals surface area contributed by atoms with Crippen molar-refractivity contribution in [3.63, 3.8) is 0 Å². The van der Waals surface area contributed by atoms with Crippen LogP contribution in [0.25, 0.3) is 0 Å². The maximum Gasteiger partial charge on any atom is 0.148 e. The van der Waals surface area contributed by atoms with Gasteiger partial charge < -0.3 is 10.1 Å². The van der Waals surface area contributed by atoms with Gasteiger partial charge in [0.25, 0.3) is 0 Å². The molecule has 0 saturated carbocycles. The molecule has 1 unspecified atom stereocenters. The van der Waals surface area contributed by atoms with Crippen molar-refractivity contribution in [3.8, 4) is 5.75 Å². The molecule has 0 heterocycles. The number of para-hydroxylation sites is 1. The number of ether oxygens (including phenoxy) is 1. The quantitative estimate of drug-likeness (QED) is 0.752. The van der Waals surface area contributed by atoms with Gasteiger partial charge >= 0.3 is 0 Å². The summed E-state index contributed by atoms with van der Waals surface area (Å²) in [4.78, 5) is 0. The van der Waals surface area contributed by atoms with E-state index in [2.05, 4.69) is 12.2 Å². The predicted molar refractivity (Wildman–Crippen MR) is 78.3 cm³/mol. The Kier molecular flexibility index (Phi) is 6.87. The zero-order chi connectivity index (χ0) is 14.1. The van der Waals surface area contributed by atoms with Crippen molar-refractivity contribution in [2.75, 3.05) is 25.2 Å². The van der Waals surface area contributed by atoms with Gasteiger partial charge in [0, 0.05) is 12.3 Å². The molecule has 0 fully saturated rings. The highest BCUT2D eigenvalue weighted by atomic mass is 32.2. The Bertz CT molecular complexity index is 445. The van der Waals surface area contributed by atoms with Gasteiger partial charge in [-0.05, 0) is 31.5 Å². The lowest BCUT2D eigenvalue weighted by molar-refractivity contribution is 0.290. The first-order valence-corrected chi connectivity index (χ1v) is 8.66. The SMILES string of the molecule is CCCNC(CCOc1ccccc1)CS(C)(=O)=O. The molecule has 0 aliphatic heterocycles. The van der Waals surface area contributed by atoms with Gasteiger partial charge in [0.05, 0.1) is 12.4 Å². The molecule has 0 aliphatic rings. The third-order valence-corrected chi connectivity index (χ3v) is 3.67. The van der Waals surface area contributed by atoms with Crippen LogP contribution in [0.5, 0.6) is 5.75 Å². The highest BCUT2D eigenvalue weighted by Crippen LogP contribution is 2.09. The van der Waals surface area contributed by atoms with E-state index in [9.17, 15) is 8.42 Å². The van der Waals surface area contributed by atoms with Crippen LogP contribution in [0.1, 0.15) is 19.8 Å². The van der Waals surface area contributed by atoms with Crippen molar-refractivity contribution in [3.05, 3.63) is 30.3 Å². The van der Waals surface area contributed by atoms with Gasteiger partial charge in [-0.2, -0.15) is 0 Å². The molecule has 1 rings (SSSR count). The minimum absolute atomic E-state index is 0.0429. The van der Waals surface area contributed by atoms with Crippen LogP contribution in [0.2, 0.25) is 0 Å². The van der Waals surface area contributed by atoms with Gasteiger partial charge in [0.1, 0.15) is 15.6 Å². The summed E-state index contributed by atoms with van der Waals surface area (Å²) in [5, 5.41) is 3.25. The smallest absolute Gasteiger partial charge is 0.148 e. The van der Waals surface area contributed by atoms with Crippen molar-refractivity contribution in [2.45, 2.75) is 25.8 Å². The highest BCUT2D eigenvalue weighted by Gasteiger charge is 2.14. The summed E-state index contributed by atoms with van der Waals surface area (Å²) in [6, 6.07) is 9.51. The molecule has 0 bridgehead atoms. The van der Waals surface area contributed by atoms with Crippen LogP contribution in [-0.2, 0) is 9.84 Å². The summed E-state index contributed by atoms with van der Waals surface area (Å²) >= 11 is 0. The largest absolute Gasteiger partial charge is 0.494 e. The first kappa shape index (κ1) is 16.0. The molecule has 4 nitrogen and oxygen atoms in total. The molecule has 1 aromatic carbocycles. The van der Waals surface area contributed by atoms with Crippen LogP contribution >= 0.6 is 0 Å². The van der Waals surface area contributed by atoms with E-state index in [1.54, 1.807) is 0 Å². The predicted octanol–water partition coefficient (Wildman–Crippen LogP) is 1.87. The lowest BCUT2D eigenvalue weighted by Crippen LogP contribution is -2.37. The van der Waals surface area contributed by atoms with Gasteiger partial charge in [-0.3, -0.25) is 0 Å². The lowest BCUT2D eigenvalue weighted by Gasteiger charge is -2.17. The first-order valence-electron chi connectivity index (χ1n) is 6.60. The monoisotopic (exact) mass is 285 g/mol. The van der Waals surface area contributed by atoms with Gasteiger partial charge in [-0.25, -0.2) is 8.42 Å². The van der Waals surface area contributed by atoms with Crippen LogP contribution in [-0.4, -0.2) is 39.6 Å². The fourth-order valence-corrected chi connectivity index (χ4v) is 2.81. The zero-order valence-electron chi connectivity index (χ0n) is 11.6. The van der Waals surface area contributed by atoms with Crippen LogP contribution < -0.4 is 10.1 Å². The van der Waals surface area contributed by atoms with E-state index in [1.807, 2.05) is 30.3 Å². The molecular weight excluding hydrogens is 262 g/mol. The lowest BCUT2D eigenvalue weighted by atomic mass is 10.2. The van der Waals surface area contributed by atoms with E-state index in [0.717, 1.165) is 18.7 Å². The summed E-state index contributed by atoms with van der Waals surface area (Å²) in [5.41, 5.74) is 0. The number of rotatable bonds is 9. The number of hydrogen-bond acceptors (Lipinski definition) is 4. The first-order chi connectivity index (χ1) is 9.01. The zero-order valence-corrected chi connectivity index (χ0v) is 12.4. The average Bonchev–Trinajstić information content (AvgIpc) is 2.35. The maximum absolute atomic E-state index is 11.4. The Hall–Kier alpha value is -1.07. The van der Waals surface area contributed by atoms with Crippen molar-refractivity contribution in [1.82, 2.24) is 5.32 Å². The Morgan fingerprint density at radius 1 is 1.26 bits per heavy atom. The molecule has 1 atom stereocenters. The van der Waals surface area contributed by atoms with E-state index >= 15 is 0 Å². The van der Waals surface area contributed by atoms with Crippen LogP contribution in [0.4, 0.5) is 0 Å². The number of nitrogens with one attached hydrogen (secondary N) is 1. The second kappa shape index (κ2) is 8.17. The fourth-order valence-electron chi connectivity index (χ4n) is 1.79. The van der Waals surface area contributed by atoms with Gasteiger partial charge in [-0.15, -0.1) is 0 Å². The number of benzene rings is 1. The molecule has 5 heteroatoms. The number of sulfone groups is 1. The summed E-state index contributed by atoms with van der Waals surface area (Å²) in [6.45, 7) is 3.40. The number of hydrogen-bond donors (Lipinski definition) is 1. The van der Waals surface area contributed by atoms with E-state index in [-0.39, 0.29) is 11.8 Å². The molecule has 0 saturated heterocycles. The summed E-state index contributed by atoms with van der Waals surface area (Å²) in [7, 11) is -2.97. The molecule has 1 aromatic rings. The van der Waals surface area contributed by atoms with E-state index in [4.69, 9.17) is 4.74 Å². The molecule has 1 N–H and O–H groups in total. The van der Waals surface area contributed by atoms with Crippen LogP contribution in [0.15, 0.2) is 30.3 Å². The van der Waals surface area contributed by atoms with Gasteiger partial charge in [0.15, 0.2) is 0 Å². The Balaban J connectivity index is 2.39. The summed E-state index contributed by atoms with van der Waals surface area (Å²) < 4.78 is 28.3. The Morgan fingerprint density at radius 2 is 1.95 bits per heavy atom. The van der Waals surface area contributed by atoms with E-state index < -0.39 is 9.84 Å². The van der Waals surface area contributed by atoms with E-state index in [0.29, 0.717) is 13.0 Å². The van der Waals surface area contributed by atoms with Gasteiger partial charge in [-0.1, -0.05) is 25.1 Å². The molecule has 0 aliphatic carbocycles.